The zero-order valence-electron chi connectivity index (χ0n) is 12.1. The zero-order chi connectivity index (χ0) is 16.0. The molecule has 0 unspecified atom stereocenters. The predicted molar refractivity (Wildman–Crippen MR) is 74.3 cm³/mol. The summed E-state index contributed by atoms with van der Waals surface area (Å²) in [5, 5.41) is 9.52. The SMILES string of the molecule is O=C(NCCn1cccn1)NC1CCN(CC(F)(F)F)CC1. The Labute approximate surface area is 126 Å². The monoisotopic (exact) mass is 319 g/mol. The van der Waals surface area contributed by atoms with E-state index in [1.807, 2.05) is 0 Å². The highest BCUT2D eigenvalue weighted by Gasteiger charge is 2.32. The number of rotatable bonds is 5. The Hall–Kier alpha value is -1.77. The van der Waals surface area contributed by atoms with E-state index in [1.54, 1.807) is 23.1 Å². The van der Waals surface area contributed by atoms with Gasteiger partial charge in [0, 0.05) is 38.1 Å². The van der Waals surface area contributed by atoms with Crippen LogP contribution >= 0.6 is 0 Å². The number of nitrogens with one attached hydrogen (secondary N) is 2. The van der Waals surface area contributed by atoms with Crippen LogP contribution in [0.5, 0.6) is 0 Å². The molecule has 2 amide bonds. The van der Waals surface area contributed by atoms with Gasteiger partial charge in [0.1, 0.15) is 0 Å². The van der Waals surface area contributed by atoms with Crippen LogP contribution in [-0.2, 0) is 6.54 Å². The number of piperidine rings is 1. The molecule has 1 aromatic rings. The van der Waals surface area contributed by atoms with E-state index in [4.69, 9.17) is 0 Å². The maximum absolute atomic E-state index is 12.3. The van der Waals surface area contributed by atoms with Crippen LogP contribution in [0, 0.1) is 0 Å². The second kappa shape index (κ2) is 7.48. The van der Waals surface area contributed by atoms with Gasteiger partial charge in [-0.05, 0) is 18.9 Å². The van der Waals surface area contributed by atoms with Crippen molar-refractivity contribution in [1.82, 2.24) is 25.3 Å². The fourth-order valence-corrected chi connectivity index (χ4v) is 2.44. The average Bonchev–Trinajstić information content (AvgIpc) is 2.92. The van der Waals surface area contributed by atoms with E-state index in [0.717, 1.165) is 0 Å². The predicted octanol–water partition coefficient (Wildman–Crippen LogP) is 1.21. The number of halogens is 3. The number of hydrogen-bond acceptors (Lipinski definition) is 3. The van der Waals surface area contributed by atoms with E-state index in [9.17, 15) is 18.0 Å². The van der Waals surface area contributed by atoms with E-state index in [1.165, 1.54) is 4.90 Å². The number of aromatic nitrogens is 2. The molecule has 124 valence electrons. The van der Waals surface area contributed by atoms with Crippen LogP contribution in [0.4, 0.5) is 18.0 Å². The summed E-state index contributed by atoms with van der Waals surface area (Å²) in [6.07, 6.45) is 0.361. The second-order valence-corrected chi connectivity index (χ2v) is 5.33. The van der Waals surface area contributed by atoms with Crippen molar-refractivity contribution in [3.05, 3.63) is 18.5 Å². The largest absolute Gasteiger partial charge is 0.401 e. The number of hydrogen-bond donors (Lipinski definition) is 2. The molecule has 0 radical (unpaired) electrons. The number of alkyl halides is 3. The molecule has 2 rings (SSSR count). The average molecular weight is 319 g/mol. The Kier molecular flexibility index (Phi) is 5.64. The third-order valence-electron chi connectivity index (χ3n) is 3.51. The number of likely N-dealkylation sites (tertiary alicyclic amines) is 1. The topological polar surface area (TPSA) is 62.2 Å². The number of nitrogens with zero attached hydrogens (tertiary/aromatic N) is 3. The summed E-state index contributed by atoms with van der Waals surface area (Å²) in [5.41, 5.74) is 0. The van der Waals surface area contributed by atoms with Gasteiger partial charge < -0.3 is 10.6 Å². The fourth-order valence-electron chi connectivity index (χ4n) is 2.44. The summed E-state index contributed by atoms with van der Waals surface area (Å²) in [7, 11) is 0. The molecule has 2 N–H and O–H groups in total. The highest BCUT2D eigenvalue weighted by Crippen LogP contribution is 2.19. The van der Waals surface area contributed by atoms with Gasteiger partial charge >= 0.3 is 12.2 Å². The second-order valence-electron chi connectivity index (χ2n) is 5.33. The molecule has 2 heterocycles. The summed E-state index contributed by atoms with van der Waals surface area (Å²) in [6.45, 7) is 0.830. The van der Waals surface area contributed by atoms with Crippen LogP contribution in [0.3, 0.4) is 0 Å². The number of urea groups is 1. The van der Waals surface area contributed by atoms with Crippen LogP contribution in [0.25, 0.3) is 0 Å². The van der Waals surface area contributed by atoms with Crippen molar-refractivity contribution in [1.29, 1.82) is 0 Å². The molecular weight excluding hydrogens is 299 g/mol. The molecule has 0 atom stereocenters. The van der Waals surface area contributed by atoms with E-state index < -0.39 is 12.7 Å². The Morgan fingerprint density at radius 3 is 2.64 bits per heavy atom. The van der Waals surface area contributed by atoms with E-state index >= 15 is 0 Å². The molecule has 0 aliphatic carbocycles. The minimum absolute atomic E-state index is 0.0748. The highest BCUT2D eigenvalue weighted by molar-refractivity contribution is 5.74. The minimum atomic E-state index is -4.16. The molecule has 1 aliphatic rings. The van der Waals surface area contributed by atoms with Crippen molar-refractivity contribution in [2.24, 2.45) is 0 Å². The summed E-state index contributed by atoms with van der Waals surface area (Å²) in [4.78, 5) is 13.1. The van der Waals surface area contributed by atoms with Gasteiger partial charge in [0.15, 0.2) is 0 Å². The Balaban J connectivity index is 1.60. The van der Waals surface area contributed by atoms with Crippen molar-refractivity contribution in [3.8, 4) is 0 Å². The lowest BCUT2D eigenvalue weighted by Gasteiger charge is -2.32. The molecule has 1 aliphatic heterocycles. The molecule has 1 saturated heterocycles. The lowest BCUT2D eigenvalue weighted by molar-refractivity contribution is -0.148. The molecular formula is C13H20F3N5O. The van der Waals surface area contributed by atoms with Crippen LogP contribution in [0.2, 0.25) is 0 Å². The molecule has 0 bridgehead atoms. The molecule has 1 aromatic heterocycles. The van der Waals surface area contributed by atoms with E-state index in [2.05, 4.69) is 15.7 Å². The van der Waals surface area contributed by atoms with Gasteiger partial charge in [0.25, 0.3) is 0 Å². The zero-order valence-corrected chi connectivity index (χ0v) is 12.1. The molecule has 0 aromatic carbocycles. The number of carbonyl (C=O) groups excluding carboxylic acids is 1. The molecule has 0 saturated carbocycles. The molecule has 0 spiro atoms. The van der Waals surface area contributed by atoms with Crippen LogP contribution < -0.4 is 10.6 Å². The number of amides is 2. The van der Waals surface area contributed by atoms with Gasteiger partial charge in [-0.3, -0.25) is 9.58 Å². The molecule has 22 heavy (non-hydrogen) atoms. The van der Waals surface area contributed by atoms with Crippen molar-refractivity contribution in [2.75, 3.05) is 26.2 Å². The molecule has 9 heteroatoms. The lowest BCUT2D eigenvalue weighted by Crippen LogP contribution is -2.49. The third-order valence-corrected chi connectivity index (χ3v) is 3.51. The summed E-state index contributed by atoms with van der Waals surface area (Å²) in [5.74, 6) is 0. The maximum atomic E-state index is 12.3. The van der Waals surface area contributed by atoms with Crippen molar-refractivity contribution in [2.45, 2.75) is 31.6 Å². The van der Waals surface area contributed by atoms with E-state index in [0.29, 0.717) is 39.0 Å². The van der Waals surface area contributed by atoms with Crippen molar-refractivity contribution >= 4 is 6.03 Å². The fraction of sp³-hybridized carbons (Fsp3) is 0.692. The maximum Gasteiger partial charge on any atom is 0.401 e. The number of carbonyl (C=O) groups is 1. The smallest absolute Gasteiger partial charge is 0.336 e. The van der Waals surface area contributed by atoms with Gasteiger partial charge in [0.2, 0.25) is 0 Å². The minimum Gasteiger partial charge on any atom is -0.336 e. The standard InChI is InChI=1S/C13H20F3N5O/c14-13(15,16)10-20-7-2-11(3-8-20)19-12(22)17-5-9-21-6-1-4-18-21/h1,4,6,11H,2-3,5,7-10H2,(H2,17,19,22). The van der Waals surface area contributed by atoms with Gasteiger partial charge in [-0.15, -0.1) is 0 Å². The summed E-state index contributed by atoms with van der Waals surface area (Å²) in [6, 6.07) is 1.44. The first kappa shape index (κ1) is 16.6. The normalized spacial score (nSPS) is 17.4. The molecule has 1 fully saturated rings. The van der Waals surface area contributed by atoms with Crippen molar-refractivity contribution < 1.29 is 18.0 Å². The van der Waals surface area contributed by atoms with Gasteiger partial charge in [-0.2, -0.15) is 18.3 Å². The van der Waals surface area contributed by atoms with Crippen LogP contribution in [-0.4, -0.2) is 59.1 Å². The van der Waals surface area contributed by atoms with Crippen LogP contribution in [0.15, 0.2) is 18.5 Å². The Morgan fingerprint density at radius 2 is 2.05 bits per heavy atom. The van der Waals surface area contributed by atoms with Crippen molar-refractivity contribution in [3.63, 3.8) is 0 Å². The van der Waals surface area contributed by atoms with E-state index in [-0.39, 0.29) is 12.1 Å². The summed E-state index contributed by atoms with van der Waals surface area (Å²) >= 11 is 0. The first-order valence-corrected chi connectivity index (χ1v) is 7.23. The summed E-state index contributed by atoms with van der Waals surface area (Å²) < 4.78 is 38.5. The highest BCUT2D eigenvalue weighted by atomic mass is 19.4. The van der Waals surface area contributed by atoms with Crippen LogP contribution in [0.1, 0.15) is 12.8 Å². The molecule has 6 nitrogen and oxygen atoms in total. The first-order chi connectivity index (χ1) is 10.4. The third kappa shape index (κ3) is 5.92. The first-order valence-electron chi connectivity index (χ1n) is 7.23. The Bertz CT molecular complexity index is 455. The van der Waals surface area contributed by atoms with Gasteiger partial charge in [0.05, 0.1) is 13.1 Å². The Morgan fingerprint density at radius 1 is 1.32 bits per heavy atom. The quantitative estimate of drug-likeness (QED) is 0.857. The van der Waals surface area contributed by atoms with Gasteiger partial charge in [-0.1, -0.05) is 0 Å². The lowest BCUT2D eigenvalue weighted by atomic mass is 10.1. The van der Waals surface area contributed by atoms with Gasteiger partial charge in [-0.25, -0.2) is 4.79 Å².